The van der Waals surface area contributed by atoms with Crippen LogP contribution in [0.5, 0.6) is 5.75 Å². The van der Waals surface area contributed by atoms with Crippen molar-refractivity contribution >= 4 is 17.5 Å². The lowest BCUT2D eigenvalue weighted by atomic mass is 9.97. The fourth-order valence-corrected chi connectivity index (χ4v) is 2.60. The zero-order chi connectivity index (χ0) is 17.0. The first-order valence-electron chi connectivity index (χ1n) is 8.05. The highest BCUT2D eigenvalue weighted by atomic mass is 16.6. The van der Waals surface area contributed by atoms with Gasteiger partial charge >= 0.3 is 6.09 Å². The molecule has 1 fully saturated rings. The number of phenolic OH excluding ortho intramolecular Hbond substituents is 1. The molecule has 1 aromatic carbocycles. The van der Waals surface area contributed by atoms with E-state index >= 15 is 0 Å². The average molecular weight is 321 g/mol. The van der Waals surface area contributed by atoms with E-state index in [-0.39, 0.29) is 11.8 Å². The molecule has 1 amide bonds. The topological polar surface area (TPSA) is 87.8 Å². The summed E-state index contributed by atoms with van der Waals surface area (Å²) in [6, 6.07) is 4.88. The molecule has 1 aliphatic heterocycles. The molecule has 1 aliphatic rings. The normalized spacial score (nSPS) is 16.2. The molecule has 1 aromatic rings. The average Bonchev–Trinajstić information content (AvgIpc) is 2.47. The van der Waals surface area contributed by atoms with Crippen molar-refractivity contribution in [3.63, 3.8) is 0 Å². The number of hydrogen-bond acceptors (Lipinski definition) is 5. The summed E-state index contributed by atoms with van der Waals surface area (Å²) < 4.78 is 5.40. The van der Waals surface area contributed by atoms with E-state index in [0.717, 1.165) is 25.1 Å². The number of anilines is 2. The highest BCUT2D eigenvalue weighted by molar-refractivity contribution is 5.68. The van der Waals surface area contributed by atoms with Crippen LogP contribution in [0.25, 0.3) is 0 Å². The number of aromatic hydroxyl groups is 1. The quantitative estimate of drug-likeness (QED) is 0.588. The van der Waals surface area contributed by atoms with Gasteiger partial charge in [-0.05, 0) is 51.7 Å². The van der Waals surface area contributed by atoms with Gasteiger partial charge in [0.15, 0.2) is 0 Å². The van der Waals surface area contributed by atoms with Crippen LogP contribution in [0.3, 0.4) is 0 Å². The first-order chi connectivity index (χ1) is 10.7. The number of piperidine rings is 1. The molecule has 2 rings (SSSR count). The minimum Gasteiger partial charge on any atom is -0.508 e. The molecule has 1 heterocycles. The number of carbonyl (C=O) groups excluding carboxylic acids is 1. The number of nitrogens with zero attached hydrogens (tertiary/aromatic N) is 1. The Morgan fingerprint density at radius 1 is 1.39 bits per heavy atom. The maximum Gasteiger partial charge on any atom is 0.410 e. The van der Waals surface area contributed by atoms with Gasteiger partial charge in [-0.2, -0.15) is 0 Å². The summed E-state index contributed by atoms with van der Waals surface area (Å²) in [5.74, 6) is 0.664. The molecule has 1 saturated heterocycles. The number of rotatable bonds is 3. The van der Waals surface area contributed by atoms with E-state index in [1.807, 2.05) is 20.8 Å². The van der Waals surface area contributed by atoms with Gasteiger partial charge < -0.3 is 25.8 Å². The monoisotopic (exact) mass is 321 g/mol. The molecule has 0 atom stereocenters. The van der Waals surface area contributed by atoms with Gasteiger partial charge in [0.2, 0.25) is 0 Å². The number of nitrogen functional groups attached to an aromatic ring is 1. The van der Waals surface area contributed by atoms with E-state index in [2.05, 4.69) is 5.32 Å². The van der Waals surface area contributed by atoms with E-state index in [1.165, 1.54) is 0 Å². The molecule has 0 aliphatic carbocycles. The lowest BCUT2D eigenvalue weighted by Gasteiger charge is -2.33. The number of ether oxygens (including phenoxy) is 1. The van der Waals surface area contributed by atoms with Gasteiger partial charge in [-0.15, -0.1) is 0 Å². The fourth-order valence-electron chi connectivity index (χ4n) is 2.60. The predicted octanol–water partition coefficient (Wildman–Crippen LogP) is 3.03. The first-order valence-corrected chi connectivity index (χ1v) is 8.05. The smallest absolute Gasteiger partial charge is 0.410 e. The summed E-state index contributed by atoms with van der Waals surface area (Å²) in [6.07, 6.45) is 1.61. The zero-order valence-electron chi connectivity index (χ0n) is 14.1. The third-order valence-corrected chi connectivity index (χ3v) is 3.88. The summed E-state index contributed by atoms with van der Waals surface area (Å²) in [7, 11) is 0. The summed E-state index contributed by atoms with van der Waals surface area (Å²) in [4.78, 5) is 13.8. The van der Waals surface area contributed by atoms with Crippen molar-refractivity contribution in [2.24, 2.45) is 5.92 Å². The van der Waals surface area contributed by atoms with Crippen LogP contribution in [-0.4, -0.2) is 41.3 Å². The SMILES string of the molecule is CC(C)(C)OC(=O)N1CCC(CNc2cc(O)ccc2N)CC1. The van der Waals surface area contributed by atoms with Gasteiger partial charge in [0.25, 0.3) is 0 Å². The molecular weight excluding hydrogens is 294 g/mol. The number of nitrogens with one attached hydrogen (secondary N) is 1. The standard InChI is InChI=1S/C17H27N3O3/c1-17(2,3)23-16(22)20-8-6-12(7-9-20)11-19-15-10-13(21)4-5-14(15)18/h4-5,10,12,19,21H,6-9,11,18H2,1-3H3. The molecule has 128 valence electrons. The van der Waals surface area contributed by atoms with E-state index in [9.17, 15) is 9.90 Å². The van der Waals surface area contributed by atoms with Crippen molar-refractivity contribution in [2.75, 3.05) is 30.7 Å². The largest absolute Gasteiger partial charge is 0.508 e. The molecule has 0 aromatic heterocycles. The van der Waals surface area contributed by atoms with Gasteiger partial charge in [-0.1, -0.05) is 0 Å². The Kier molecular flexibility index (Phi) is 5.23. The Bertz CT molecular complexity index is 547. The maximum atomic E-state index is 12.0. The number of amides is 1. The molecule has 23 heavy (non-hydrogen) atoms. The van der Waals surface area contributed by atoms with Gasteiger partial charge in [-0.3, -0.25) is 0 Å². The van der Waals surface area contributed by atoms with E-state index < -0.39 is 5.60 Å². The van der Waals surface area contributed by atoms with Gasteiger partial charge in [0, 0.05) is 25.7 Å². The summed E-state index contributed by atoms with van der Waals surface area (Å²) >= 11 is 0. The second kappa shape index (κ2) is 6.98. The van der Waals surface area contributed by atoms with Crippen LogP contribution in [-0.2, 0) is 4.74 Å². The van der Waals surface area contributed by atoms with Crippen molar-refractivity contribution in [1.82, 2.24) is 4.90 Å². The molecule has 0 bridgehead atoms. The van der Waals surface area contributed by atoms with Crippen molar-refractivity contribution < 1.29 is 14.6 Å². The highest BCUT2D eigenvalue weighted by Crippen LogP contribution is 2.25. The van der Waals surface area contributed by atoms with E-state index in [4.69, 9.17) is 10.5 Å². The Balaban J connectivity index is 1.79. The molecule has 0 unspecified atom stereocenters. The van der Waals surface area contributed by atoms with Crippen LogP contribution in [0.4, 0.5) is 16.2 Å². The summed E-state index contributed by atoms with van der Waals surface area (Å²) in [6.45, 7) is 7.81. The molecule has 0 saturated carbocycles. The predicted molar refractivity (Wildman–Crippen MR) is 91.5 cm³/mol. The van der Waals surface area contributed by atoms with Gasteiger partial charge in [0.05, 0.1) is 11.4 Å². The van der Waals surface area contributed by atoms with Crippen molar-refractivity contribution in [1.29, 1.82) is 0 Å². The lowest BCUT2D eigenvalue weighted by molar-refractivity contribution is 0.0188. The van der Waals surface area contributed by atoms with E-state index in [1.54, 1.807) is 23.1 Å². The summed E-state index contributed by atoms with van der Waals surface area (Å²) in [5, 5.41) is 12.8. The van der Waals surface area contributed by atoms with Crippen molar-refractivity contribution in [2.45, 2.75) is 39.2 Å². The molecule has 6 heteroatoms. The second-order valence-corrected chi connectivity index (χ2v) is 7.06. The van der Waals surface area contributed by atoms with Gasteiger partial charge in [0.1, 0.15) is 11.4 Å². The zero-order valence-corrected chi connectivity index (χ0v) is 14.1. The van der Waals surface area contributed by atoms with Crippen molar-refractivity contribution in [3.05, 3.63) is 18.2 Å². The molecule has 0 radical (unpaired) electrons. The third-order valence-electron chi connectivity index (χ3n) is 3.88. The van der Waals surface area contributed by atoms with Crippen LogP contribution < -0.4 is 11.1 Å². The van der Waals surface area contributed by atoms with Gasteiger partial charge in [-0.25, -0.2) is 4.79 Å². The number of phenols is 1. The van der Waals surface area contributed by atoms with E-state index in [0.29, 0.717) is 24.7 Å². The first kappa shape index (κ1) is 17.2. The minimum atomic E-state index is -0.456. The number of hydrogen-bond donors (Lipinski definition) is 3. The van der Waals surface area contributed by atoms with Crippen LogP contribution in [0.1, 0.15) is 33.6 Å². The molecular formula is C17H27N3O3. The lowest BCUT2D eigenvalue weighted by Crippen LogP contribution is -2.42. The fraction of sp³-hybridized carbons (Fsp3) is 0.588. The maximum absolute atomic E-state index is 12.0. The van der Waals surface area contributed by atoms with Crippen LogP contribution in [0.15, 0.2) is 18.2 Å². The van der Waals surface area contributed by atoms with Crippen molar-refractivity contribution in [3.8, 4) is 5.75 Å². The van der Waals surface area contributed by atoms with Crippen LogP contribution in [0, 0.1) is 5.92 Å². The minimum absolute atomic E-state index is 0.196. The van der Waals surface area contributed by atoms with Crippen LogP contribution >= 0.6 is 0 Å². The number of benzene rings is 1. The molecule has 0 spiro atoms. The van der Waals surface area contributed by atoms with Crippen LogP contribution in [0.2, 0.25) is 0 Å². The second-order valence-electron chi connectivity index (χ2n) is 7.06. The Hall–Kier alpha value is -2.11. The Morgan fingerprint density at radius 2 is 2.04 bits per heavy atom. The third kappa shape index (κ3) is 5.23. The molecule has 6 nitrogen and oxygen atoms in total. The number of nitrogens with two attached hydrogens (primary N) is 1. The molecule has 4 N–H and O–H groups in total. The Morgan fingerprint density at radius 3 is 2.65 bits per heavy atom. The number of likely N-dealkylation sites (tertiary alicyclic amines) is 1. The highest BCUT2D eigenvalue weighted by Gasteiger charge is 2.26. The Labute approximate surface area is 137 Å². The summed E-state index contributed by atoms with van der Waals surface area (Å²) in [5.41, 5.74) is 6.80. The number of carbonyl (C=O) groups is 1.